The zero-order chi connectivity index (χ0) is 14.7. The van der Waals surface area contributed by atoms with Crippen molar-refractivity contribution in [2.45, 2.75) is 32.7 Å². The minimum Gasteiger partial charge on any atom is -0.303 e. The van der Waals surface area contributed by atoms with E-state index in [-0.39, 0.29) is 17.0 Å². The highest BCUT2D eigenvalue weighted by molar-refractivity contribution is 5.93. The van der Waals surface area contributed by atoms with Crippen LogP contribution in [0.25, 0.3) is 0 Å². The molecular weight excluding hydrogens is 258 g/mol. The Morgan fingerprint density at radius 3 is 2.45 bits per heavy atom. The molecule has 0 aliphatic carbocycles. The fourth-order valence-corrected chi connectivity index (χ4v) is 2.60. The van der Waals surface area contributed by atoms with Crippen LogP contribution in [-0.4, -0.2) is 39.5 Å². The average Bonchev–Trinajstić information content (AvgIpc) is 2.91. The normalized spacial score (nSPS) is 15.7. The minimum absolute atomic E-state index is 0.0771. The quantitative estimate of drug-likeness (QED) is 0.724. The summed E-state index contributed by atoms with van der Waals surface area (Å²) in [4.78, 5) is 37.6. The maximum atomic E-state index is 12.0. The second-order valence-electron chi connectivity index (χ2n) is 5.34. The third-order valence-electron chi connectivity index (χ3n) is 3.80. The Kier molecular flexibility index (Phi) is 4.54. The van der Waals surface area contributed by atoms with Gasteiger partial charge in [0, 0.05) is 19.8 Å². The highest BCUT2D eigenvalue weighted by atomic mass is 16.2. The van der Waals surface area contributed by atoms with Gasteiger partial charge < -0.3 is 4.90 Å². The van der Waals surface area contributed by atoms with E-state index in [0.29, 0.717) is 6.54 Å². The molecule has 110 valence electrons. The van der Waals surface area contributed by atoms with Crippen molar-refractivity contribution >= 4 is 5.78 Å². The molecule has 0 N–H and O–H groups in total. The Bertz CT molecular complexity index is 609. The van der Waals surface area contributed by atoms with E-state index < -0.39 is 5.56 Å². The molecule has 1 aliphatic heterocycles. The summed E-state index contributed by atoms with van der Waals surface area (Å²) < 4.78 is 2.47. The van der Waals surface area contributed by atoms with Crippen molar-refractivity contribution in [1.82, 2.24) is 14.0 Å². The molecule has 0 aromatic carbocycles. The van der Waals surface area contributed by atoms with Gasteiger partial charge in [-0.15, -0.1) is 0 Å². The lowest BCUT2D eigenvalue weighted by atomic mass is 10.2. The third-order valence-corrected chi connectivity index (χ3v) is 3.80. The predicted molar refractivity (Wildman–Crippen MR) is 76.2 cm³/mol. The van der Waals surface area contributed by atoms with E-state index in [1.165, 1.54) is 37.6 Å². The summed E-state index contributed by atoms with van der Waals surface area (Å²) in [6.45, 7) is 5.08. The zero-order valence-corrected chi connectivity index (χ0v) is 12.1. The molecule has 2 heterocycles. The minimum atomic E-state index is -0.515. The Hall–Kier alpha value is -1.69. The number of carbonyl (C=O) groups excluding carboxylic acids is 1. The SMILES string of the molecule is CC(=O)c1cn(CCCN2CCCC2)c(=O)n(C)c1=O. The van der Waals surface area contributed by atoms with Crippen LogP contribution >= 0.6 is 0 Å². The van der Waals surface area contributed by atoms with Gasteiger partial charge in [-0.3, -0.25) is 18.7 Å². The van der Waals surface area contributed by atoms with E-state index in [4.69, 9.17) is 0 Å². The number of hydrogen-bond acceptors (Lipinski definition) is 4. The first kappa shape index (κ1) is 14.7. The molecule has 1 aromatic heterocycles. The lowest BCUT2D eigenvalue weighted by molar-refractivity contribution is 0.101. The summed E-state index contributed by atoms with van der Waals surface area (Å²) in [6, 6.07) is 0. The van der Waals surface area contributed by atoms with Crippen molar-refractivity contribution in [2.24, 2.45) is 7.05 Å². The number of hydrogen-bond donors (Lipinski definition) is 0. The van der Waals surface area contributed by atoms with E-state index in [0.717, 1.165) is 30.6 Å². The summed E-state index contributed by atoms with van der Waals surface area (Å²) in [5.41, 5.74) is -0.798. The smallest absolute Gasteiger partial charge is 0.303 e. The zero-order valence-electron chi connectivity index (χ0n) is 12.1. The molecule has 0 spiro atoms. The average molecular weight is 279 g/mol. The van der Waals surface area contributed by atoms with Crippen molar-refractivity contribution in [3.8, 4) is 0 Å². The molecular formula is C14H21N3O3. The number of carbonyl (C=O) groups is 1. The van der Waals surface area contributed by atoms with Crippen LogP contribution in [0.1, 0.15) is 36.5 Å². The van der Waals surface area contributed by atoms with Crippen LogP contribution in [0.15, 0.2) is 15.8 Å². The highest BCUT2D eigenvalue weighted by Gasteiger charge is 2.13. The second-order valence-corrected chi connectivity index (χ2v) is 5.34. The third kappa shape index (κ3) is 3.07. The fraction of sp³-hybridized carbons (Fsp3) is 0.643. The van der Waals surface area contributed by atoms with Crippen LogP contribution < -0.4 is 11.2 Å². The number of nitrogens with zero attached hydrogens (tertiary/aromatic N) is 3. The lowest BCUT2D eigenvalue weighted by Crippen LogP contribution is -2.40. The van der Waals surface area contributed by atoms with Gasteiger partial charge in [-0.1, -0.05) is 0 Å². The molecule has 0 radical (unpaired) electrons. The maximum Gasteiger partial charge on any atom is 0.330 e. The van der Waals surface area contributed by atoms with Gasteiger partial charge in [-0.05, 0) is 45.8 Å². The van der Waals surface area contributed by atoms with Crippen LogP contribution in [0, 0.1) is 0 Å². The number of rotatable bonds is 5. The molecule has 1 aromatic rings. The first-order chi connectivity index (χ1) is 9.50. The van der Waals surface area contributed by atoms with Crippen molar-refractivity contribution in [1.29, 1.82) is 0 Å². The van der Waals surface area contributed by atoms with Gasteiger partial charge in [-0.2, -0.15) is 0 Å². The first-order valence-corrected chi connectivity index (χ1v) is 7.04. The van der Waals surface area contributed by atoms with Crippen LogP contribution in [-0.2, 0) is 13.6 Å². The molecule has 0 bridgehead atoms. The number of likely N-dealkylation sites (tertiary alicyclic amines) is 1. The molecule has 0 saturated carbocycles. The summed E-state index contributed by atoms with van der Waals surface area (Å²) in [5, 5.41) is 0. The largest absolute Gasteiger partial charge is 0.330 e. The predicted octanol–water partition coefficient (Wildman–Crippen LogP) is 0.236. The van der Waals surface area contributed by atoms with Gasteiger partial charge in [0.15, 0.2) is 5.78 Å². The Labute approximate surface area is 117 Å². The molecule has 6 nitrogen and oxygen atoms in total. The molecule has 1 saturated heterocycles. The molecule has 1 aliphatic rings. The first-order valence-electron chi connectivity index (χ1n) is 7.04. The van der Waals surface area contributed by atoms with Crippen molar-refractivity contribution in [3.63, 3.8) is 0 Å². The summed E-state index contributed by atoms with van der Waals surface area (Å²) in [7, 11) is 1.41. The highest BCUT2D eigenvalue weighted by Crippen LogP contribution is 2.07. The molecule has 0 atom stereocenters. The maximum absolute atomic E-state index is 12.0. The van der Waals surface area contributed by atoms with Gasteiger partial charge in [0.1, 0.15) is 0 Å². The topological polar surface area (TPSA) is 64.3 Å². The van der Waals surface area contributed by atoms with Crippen LogP contribution in [0.2, 0.25) is 0 Å². The molecule has 6 heteroatoms. The second kappa shape index (κ2) is 6.17. The van der Waals surface area contributed by atoms with Gasteiger partial charge >= 0.3 is 5.69 Å². The summed E-state index contributed by atoms with van der Waals surface area (Å²) in [6.07, 6.45) is 4.73. The lowest BCUT2D eigenvalue weighted by Gasteiger charge is -2.15. The molecule has 0 unspecified atom stereocenters. The van der Waals surface area contributed by atoms with Gasteiger partial charge in [0.2, 0.25) is 0 Å². The Morgan fingerprint density at radius 1 is 1.20 bits per heavy atom. The van der Waals surface area contributed by atoms with E-state index in [2.05, 4.69) is 4.90 Å². The van der Waals surface area contributed by atoms with Crippen LogP contribution in [0.5, 0.6) is 0 Å². The van der Waals surface area contributed by atoms with E-state index in [1.807, 2.05) is 0 Å². The molecule has 20 heavy (non-hydrogen) atoms. The number of aromatic nitrogens is 2. The van der Waals surface area contributed by atoms with E-state index in [1.54, 1.807) is 0 Å². The van der Waals surface area contributed by atoms with Crippen molar-refractivity contribution < 1.29 is 4.79 Å². The van der Waals surface area contributed by atoms with E-state index in [9.17, 15) is 14.4 Å². The standard InChI is InChI=1S/C14H21N3O3/c1-11(18)12-10-17(14(20)15(2)13(12)19)9-5-8-16-6-3-4-7-16/h10H,3-9H2,1-2H3. The summed E-state index contributed by atoms with van der Waals surface area (Å²) in [5.74, 6) is -0.307. The van der Waals surface area contributed by atoms with Crippen LogP contribution in [0.4, 0.5) is 0 Å². The number of aryl methyl sites for hydroxylation is 1. The fourth-order valence-electron chi connectivity index (χ4n) is 2.60. The molecule has 0 amide bonds. The monoisotopic (exact) mass is 279 g/mol. The van der Waals surface area contributed by atoms with Gasteiger partial charge in [0.25, 0.3) is 5.56 Å². The van der Waals surface area contributed by atoms with Crippen LogP contribution in [0.3, 0.4) is 0 Å². The van der Waals surface area contributed by atoms with Crippen molar-refractivity contribution in [3.05, 3.63) is 32.6 Å². The number of ketones is 1. The van der Waals surface area contributed by atoms with E-state index >= 15 is 0 Å². The summed E-state index contributed by atoms with van der Waals surface area (Å²) >= 11 is 0. The van der Waals surface area contributed by atoms with Crippen molar-refractivity contribution in [2.75, 3.05) is 19.6 Å². The Balaban J connectivity index is 2.12. The van der Waals surface area contributed by atoms with Gasteiger partial charge in [-0.25, -0.2) is 4.79 Å². The number of Topliss-reactive ketones (excluding diaryl/α,β-unsaturated/α-hetero) is 1. The Morgan fingerprint density at radius 2 is 1.85 bits per heavy atom. The van der Waals surface area contributed by atoms with Gasteiger partial charge in [0.05, 0.1) is 5.56 Å². The molecule has 1 fully saturated rings. The molecule has 2 rings (SSSR count).